The minimum atomic E-state index is -1.01. The smallest absolute Gasteiger partial charge is 0.321 e. The minimum absolute atomic E-state index is 0.0439. The van der Waals surface area contributed by atoms with Crippen LogP contribution in [-0.4, -0.2) is 22.0 Å². The Balaban J connectivity index is 2.74. The van der Waals surface area contributed by atoms with Crippen molar-refractivity contribution < 1.29 is 14.8 Å². The van der Waals surface area contributed by atoms with Crippen LogP contribution in [0.15, 0.2) is 29.2 Å². The lowest BCUT2D eigenvalue weighted by Gasteiger charge is -2.07. The second-order valence-corrected chi connectivity index (χ2v) is 3.88. The monoisotopic (exact) mass is 242 g/mol. The number of carboxylic acids is 1. The number of benzene rings is 1. The van der Waals surface area contributed by atoms with Crippen LogP contribution in [-0.2, 0) is 4.79 Å². The van der Waals surface area contributed by atoms with Crippen LogP contribution in [0.25, 0.3) is 0 Å². The summed E-state index contributed by atoms with van der Waals surface area (Å²) in [7, 11) is 0. The molecule has 0 amide bonds. The van der Waals surface area contributed by atoms with Crippen LogP contribution in [0.3, 0.4) is 0 Å². The van der Waals surface area contributed by atoms with E-state index in [2.05, 4.69) is 4.72 Å². The van der Waals surface area contributed by atoms with Crippen molar-refractivity contribution >= 4 is 23.6 Å². The summed E-state index contributed by atoms with van der Waals surface area (Å²) in [5.74, 6) is -1.01. The quantitative estimate of drug-likeness (QED) is 0.463. The number of nitro groups is 1. The van der Waals surface area contributed by atoms with E-state index >= 15 is 0 Å². The third-order valence-corrected chi connectivity index (χ3v) is 2.81. The van der Waals surface area contributed by atoms with Crippen LogP contribution in [0.1, 0.15) is 6.92 Å². The zero-order valence-electron chi connectivity index (χ0n) is 8.41. The number of hydrogen-bond donors (Lipinski definition) is 2. The van der Waals surface area contributed by atoms with E-state index in [0.29, 0.717) is 4.90 Å². The van der Waals surface area contributed by atoms with Crippen molar-refractivity contribution in [3.8, 4) is 0 Å². The number of nitrogens with zero attached hydrogens (tertiary/aromatic N) is 1. The molecule has 86 valence electrons. The molecule has 0 fully saturated rings. The largest absolute Gasteiger partial charge is 0.480 e. The molecular weight excluding hydrogens is 232 g/mol. The number of aliphatic carboxylic acids is 1. The molecule has 0 aliphatic carbocycles. The van der Waals surface area contributed by atoms with E-state index in [-0.39, 0.29) is 5.69 Å². The molecule has 0 aliphatic rings. The Hall–Kier alpha value is -1.60. The van der Waals surface area contributed by atoms with Crippen molar-refractivity contribution in [2.75, 3.05) is 0 Å². The third kappa shape index (κ3) is 3.21. The molecule has 0 aromatic heterocycles. The summed E-state index contributed by atoms with van der Waals surface area (Å²) in [6.45, 7) is 1.46. The number of carbonyl (C=O) groups is 1. The fourth-order valence-electron chi connectivity index (χ4n) is 0.897. The highest BCUT2D eigenvalue weighted by Gasteiger charge is 2.16. The molecule has 6 nitrogen and oxygen atoms in total. The Morgan fingerprint density at radius 2 is 2.19 bits per heavy atom. The van der Waals surface area contributed by atoms with E-state index in [4.69, 9.17) is 5.11 Å². The van der Waals surface area contributed by atoms with Gasteiger partial charge >= 0.3 is 5.97 Å². The normalized spacial score (nSPS) is 12.1. The SMILES string of the molecule is C[C@H](NSc1ccccc1[N+](=O)[O-])C(=O)O. The highest BCUT2D eigenvalue weighted by molar-refractivity contribution is 7.97. The van der Waals surface area contributed by atoms with Crippen molar-refractivity contribution in [2.45, 2.75) is 17.9 Å². The molecule has 0 saturated carbocycles. The van der Waals surface area contributed by atoms with E-state index in [0.717, 1.165) is 11.9 Å². The van der Waals surface area contributed by atoms with Crippen molar-refractivity contribution in [1.29, 1.82) is 0 Å². The molecule has 0 heterocycles. The van der Waals surface area contributed by atoms with Crippen LogP contribution in [0, 0.1) is 10.1 Å². The number of nitro benzene ring substituents is 1. The van der Waals surface area contributed by atoms with Gasteiger partial charge in [-0.05, 0) is 24.9 Å². The van der Waals surface area contributed by atoms with Gasteiger partial charge in [0.15, 0.2) is 0 Å². The summed E-state index contributed by atoms with van der Waals surface area (Å²) in [6.07, 6.45) is 0. The zero-order valence-corrected chi connectivity index (χ0v) is 9.23. The van der Waals surface area contributed by atoms with Gasteiger partial charge in [0.2, 0.25) is 0 Å². The lowest BCUT2D eigenvalue weighted by Crippen LogP contribution is -2.28. The first kappa shape index (κ1) is 12.5. The van der Waals surface area contributed by atoms with E-state index in [9.17, 15) is 14.9 Å². The van der Waals surface area contributed by atoms with E-state index in [1.807, 2.05) is 0 Å². The van der Waals surface area contributed by atoms with Crippen molar-refractivity contribution in [2.24, 2.45) is 0 Å². The van der Waals surface area contributed by atoms with E-state index in [1.54, 1.807) is 18.2 Å². The summed E-state index contributed by atoms with van der Waals surface area (Å²) in [4.78, 5) is 21.1. The molecule has 1 aromatic carbocycles. The number of hydrogen-bond acceptors (Lipinski definition) is 5. The molecule has 1 aromatic rings. The fraction of sp³-hybridized carbons (Fsp3) is 0.222. The predicted molar refractivity (Wildman–Crippen MR) is 59.2 cm³/mol. The van der Waals surface area contributed by atoms with Gasteiger partial charge in [-0.2, -0.15) is 0 Å². The Labute approximate surface area is 95.9 Å². The highest BCUT2D eigenvalue weighted by atomic mass is 32.2. The maximum absolute atomic E-state index is 10.6. The van der Waals surface area contributed by atoms with Gasteiger partial charge in [0.05, 0.1) is 4.92 Å². The van der Waals surface area contributed by atoms with Gasteiger partial charge in [0.1, 0.15) is 10.9 Å². The van der Waals surface area contributed by atoms with Crippen molar-refractivity contribution in [3.05, 3.63) is 34.4 Å². The van der Waals surface area contributed by atoms with E-state index < -0.39 is 16.9 Å². The second kappa shape index (κ2) is 5.47. The first-order chi connectivity index (χ1) is 7.52. The lowest BCUT2D eigenvalue weighted by atomic mass is 10.3. The molecule has 0 saturated heterocycles. The summed E-state index contributed by atoms with van der Waals surface area (Å²) in [5, 5.41) is 19.3. The Morgan fingerprint density at radius 3 is 2.75 bits per heavy atom. The standard InChI is InChI=1S/C9H10N2O4S/c1-6(9(12)13)10-16-8-5-3-2-4-7(8)11(14)15/h2-6,10H,1H3,(H,12,13)/t6-/m0/s1. The van der Waals surface area contributed by atoms with Gasteiger partial charge in [-0.25, -0.2) is 4.72 Å². The number of nitrogens with one attached hydrogen (secondary N) is 1. The van der Waals surface area contributed by atoms with Crippen LogP contribution < -0.4 is 4.72 Å². The molecule has 2 N–H and O–H groups in total. The summed E-state index contributed by atoms with van der Waals surface area (Å²) in [5.41, 5.74) is -0.0439. The van der Waals surface area contributed by atoms with Gasteiger partial charge in [0, 0.05) is 6.07 Å². The number of rotatable bonds is 5. The molecule has 7 heteroatoms. The Kier molecular flexibility index (Phi) is 4.27. The first-order valence-electron chi connectivity index (χ1n) is 4.41. The molecule has 0 aliphatic heterocycles. The van der Waals surface area contributed by atoms with Gasteiger partial charge in [-0.1, -0.05) is 12.1 Å². The van der Waals surface area contributed by atoms with Crippen LogP contribution in [0.4, 0.5) is 5.69 Å². The van der Waals surface area contributed by atoms with Gasteiger partial charge in [-0.3, -0.25) is 14.9 Å². The number of carboxylic acid groups (broad SMARTS) is 1. The summed E-state index contributed by atoms with van der Waals surface area (Å²) in [6, 6.07) is 5.37. The molecular formula is C9H10N2O4S. The Bertz CT molecular complexity index is 410. The molecule has 1 rings (SSSR count). The fourth-order valence-corrected chi connectivity index (χ4v) is 1.69. The predicted octanol–water partition coefficient (Wildman–Crippen LogP) is 1.66. The van der Waals surface area contributed by atoms with Gasteiger partial charge in [0.25, 0.3) is 5.69 Å². The topological polar surface area (TPSA) is 92.5 Å². The maximum Gasteiger partial charge on any atom is 0.321 e. The number of para-hydroxylation sites is 1. The van der Waals surface area contributed by atoms with Crippen molar-refractivity contribution in [3.63, 3.8) is 0 Å². The zero-order chi connectivity index (χ0) is 12.1. The molecule has 0 radical (unpaired) electrons. The molecule has 0 bridgehead atoms. The average Bonchev–Trinajstić information content (AvgIpc) is 2.25. The second-order valence-electron chi connectivity index (χ2n) is 3.00. The van der Waals surface area contributed by atoms with Gasteiger partial charge < -0.3 is 5.11 Å². The lowest BCUT2D eigenvalue weighted by molar-refractivity contribution is -0.387. The molecule has 0 spiro atoms. The summed E-state index contributed by atoms with van der Waals surface area (Å²) >= 11 is 0.939. The molecule has 0 unspecified atom stereocenters. The van der Waals surface area contributed by atoms with E-state index in [1.165, 1.54) is 13.0 Å². The first-order valence-corrected chi connectivity index (χ1v) is 5.22. The van der Waals surface area contributed by atoms with Crippen LogP contribution in [0.5, 0.6) is 0 Å². The third-order valence-electron chi connectivity index (χ3n) is 1.78. The molecule has 1 atom stereocenters. The van der Waals surface area contributed by atoms with Gasteiger partial charge in [-0.15, -0.1) is 0 Å². The van der Waals surface area contributed by atoms with Crippen molar-refractivity contribution in [1.82, 2.24) is 4.72 Å². The maximum atomic E-state index is 10.6. The highest BCUT2D eigenvalue weighted by Crippen LogP contribution is 2.26. The summed E-state index contributed by atoms with van der Waals surface area (Å²) < 4.78 is 2.61. The molecule has 16 heavy (non-hydrogen) atoms. The average molecular weight is 242 g/mol. The van der Waals surface area contributed by atoms with Crippen LogP contribution >= 0.6 is 11.9 Å². The van der Waals surface area contributed by atoms with Crippen LogP contribution in [0.2, 0.25) is 0 Å². The minimum Gasteiger partial charge on any atom is -0.480 e. The Morgan fingerprint density at radius 1 is 1.56 bits per heavy atom.